The van der Waals surface area contributed by atoms with Crippen LogP contribution in [0.15, 0.2) is 22.7 Å². The Morgan fingerprint density at radius 2 is 1.88 bits per heavy atom. The van der Waals surface area contributed by atoms with Crippen LogP contribution in [0.2, 0.25) is 18.1 Å². The summed E-state index contributed by atoms with van der Waals surface area (Å²) in [5.74, 6) is 1.60. The van der Waals surface area contributed by atoms with Crippen molar-refractivity contribution in [1.29, 1.82) is 0 Å². The molecule has 0 aromatic heterocycles. The summed E-state index contributed by atoms with van der Waals surface area (Å²) in [4.78, 5) is 0. The van der Waals surface area contributed by atoms with Crippen LogP contribution < -0.4 is 9.47 Å². The van der Waals surface area contributed by atoms with Crippen molar-refractivity contribution in [2.45, 2.75) is 32.0 Å². The maximum Gasteiger partial charge on any atom is 0.162 e. The van der Waals surface area contributed by atoms with Gasteiger partial charge in [0, 0.05) is 13.3 Å². The van der Waals surface area contributed by atoms with E-state index >= 15 is 0 Å². The zero-order valence-electron chi connectivity index (χ0n) is 11.2. The lowest BCUT2D eigenvalue weighted by atomic mass is 10.2. The first kappa shape index (κ1) is 14.6. The van der Waals surface area contributed by atoms with Gasteiger partial charge < -0.3 is 9.47 Å². The number of methoxy groups -OCH3 is 1. The summed E-state index contributed by atoms with van der Waals surface area (Å²) in [6.07, 6.45) is 0. The molecule has 0 aliphatic heterocycles. The third kappa shape index (κ3) is 4.03. The van der Waals surface area contributed by atoms with E-state index in [4.69, 9.17) is 9.47 Å². The zero-order valence-corrected chi connectivity index (χ0v) is 14.0. The standard InChI is InChI=1S/C13H21BrO2Si/c1-13(2,17(4)5)9-16-12-8-10(14)6-7-11(12)15-3/h6-8,17H,9H2,1-5H3. The summed E-state index contributed by atoms with van der Waals surface area (Å²) in [6, 6.07) is 5.82. The fourth-order valence-electron chi connectivity index (χ4n) is 1.19. The Balaban J connectivity index is 2.78. The Morgan fingerprint density at radius 1 is 1.24 bits per heavy atom. The van der Waals surface area contributed by atoms with Crippen molar-refractivity contribution >= 4 is 24.7 Å². The molecule has 0 unspecified atom stereocenters. The van der Waals surface area contributed by atoms with E-state index in [0.29, 0.717) is 0 Å². The first-order chi connectivity index (χ1) is 7.86. The molecule has 4 heteroatoms. The van der Waals surface area contributed by atoms with E-state index in [-0.39, 0.29) is 5.04 Å². The van der Waals surface area contributed by atoms with Gasteiger partial charge in [-0.05, 0) is 23.2 Å². The normalized spacial score (nSPS) is 11.7. The molecule has 0 aliphatic carbocycles. The van der Waals surface area contributed by atoms with Gasteiger partial charge in [0.15, 0.2) is 11.5 Å². The van der Waals surface area contributed by atoms with Gasteiger partial charge in [0.25, 0.3) is 0 Å². The Hall–Kier alpha value is -0.483. The van der Waals surface area contributed by atoms with Gasteiger partial charge in [-0.3, -0.25) is 0 Å². The number of hydrogen-bond acceptors (Lipinski definition) is 2. The van der Waals surface area contributed by atoms with Crippen LogP contribution >= 0.6 is 15.9 Å². The van der Waals surface area contributed by atoms with Gasteiger partial charge in [-0.25, -0.2) is 0 Å². The maximum atomic E-state index is 5.91. The van der Waals surface area contributed by atoms with Crippen molar-refractivity contribution in [3.63, 3.8) is 0 Å². The molecule has 0 atom stereocenters. The van der Waals surface area contributed by atoms with Gasteiger partial charge >= 0.3 is 0 Å². The van der Waals surface area contributed by atoms with Crippen LogP contribution in [-0.2, 0) is 0 Å². The second-order valence-corrected chi connectivity index (χ2v) is 10.0. The maximum absolute atomic E-state index is 5.91. The summed E-state index contributed by atoms with van der Waals surface area (Å²) < 4.78 is 12.2. The van der Waals surface area contributed by atoms with Crippen molar-refractivity contribution in [2.75, 3.05) is 13.7 Å². The average molecular weight is 317 g/mol. The van der Waals surface area contributed by atoms with E-state index in [9.17, 15) is 0 Å². The highest BCUT2D eigenvalue weighted by Gasteiger charge is 2.24. The third-order valence-electron chi connectivity index (χ3n) is 3.29. The van der Waals surface area contributed by atoms with Gasteiger partial charge in [-0.1, -0.05) is 42.9 Å². The molecule has 0 spiro atoms. The van der Waals surface area contributed by atoms with Crippen LogP contribution in [0.3, 0.4) is 0 Å². The molecule has 96 valence electrons. The fourth-order valence-corrected chi connectivity index (χ4v) is 1.95. The highest BCUT2D eigenvalue weighted by atomic mass is 79.9. The van der Waals surface area contributed by atoms with Crippen LogP contribution in [0.4, 0.5) is 0 Å². The number of benzene rings is 1. The molecule has 1 rings (SSSR count). The second kappa shape index (κ2) is 5.91. The molecule has 0 heterocycles. The summed E-state index contributed by atoms with van der Waals surface area (Å²) >= 11 is 3.45. The number of rotatable bonds is 5. The van der Waals surface area contributed by atoms with Gasteiger partial charge in [-0.2, -0.15) is 0 Å². The van der Waals surface area contributed by atoms with Crippen LogP contribution in [0.5, 0.6) is 11.5 Å². The van der Waals surface area contributed by atoms with Crippen molar-refractivity contribution < 1.29 is 9.47 Å². The molecule has 0 N–H and O–H groups in total. The lowest BCUT2D eigenvalue weighted by Gasteiger charge is -2.28. The number of hydrogen-bond donors (Lipinski definition) is 0. The summed E-state index contributed by atoms with van der Waals surface area (Å²) in [6.45, 7) is 9.98. The largest absolute Gasteiger partial charge is 0.493 e. The minimum absolute atomic E-state index is 0.285. The zero-order chi connectivity index (χ0) is 13.1. The van der Waals surface area contributed by atoms with E-state index < -0.39 is 8.80 Å². The predicted octanol–water partition coefficient (Wildman–Crippen LogP) is 4.10. The van der Waals surface area contributed by atoms with Gasteiger partial charge in [0.1, 0.15) is 0 Å². The third-order valence-corrected chi connectivity index (χ3v) is 7.07. The quantitative estimate of drug-likeness (QED) is 0.761. The smallest absolute Gasteiger partial charge is 0.162 e. The molecule has 0 bridgehead atoms. The average Bonchev–Trinajstić information content (AvgIpc) is 2.26. The van der Waals surface area contributed by atoms with Crippen molar-refractivity contribution in [1.82, 2.24) is 0 Å². The van der Waals surface area contributed by atoms with Gasteiger partial charge in [0.05, 0.1) is 13.7 Å². The summed E-state index contributed by atoms with van der Waals surface area (Å²) in [5, 5.41) is 0.285. The molecule has 1 aromatic rings. The molecule has 2 nitrogen and oxygen atoms in total. The van der Waals surface area contributed by atoms with E-state index in [0.717, 1.165) is 22.6 Å². The van der Waals surface area contributed by atoms with Crippen LogP contribution in [-0.4, -0.2) is 22.5 Å². The Labute approximate surface area is 114 Å². The molecule has 0 saturated carbocycles. The fraction of sp³-hybridized carbons (Fsp3) is 0.538. The SMILES string of the molecule is COc1ccc(Br)cc1OCC(C)(C)[SiH](C)C. The number of ether oxygens (including phenoxy) is 2. The summed E-state index contributed by atoms with van der Waals surface area (Å²) in [7, 11) is 0.930. The van der Waals surface area contributed by atoms with E-state index in [1.54, 1.807) is 7.11 Å². The number of halogens is 1. The molecular weight excluding hydrogens is 296 g/mol. The van der Waals surface area contributed by atoms with Gasteiger partial charge in [0.2, 0.25) is 0 Å². The van der Waals surface area contributed by atoms with E-state index in [1.807, 2.05) is 18.2 Å². The first-order valence-corrected chi connectivity index (χ1v) is 9.51. The first-order valence-electron chi connectivity index (χ1n) is 5.83. The molecular formula is C13H21BrO2Si. The minimum Gasteiger partial charge on any atom is -0.493 e. The highest BCUT2D eigenvalue weighted by molar-refractivity contribution is 9.10. The monoisotopic (exact) mass is 316 g/mol. The van der Waals surface area contributed by atoms with Gasteiger partial charge in [-0.15, -0.1) is 0 Å². The summed E-state index contributed by atoms with van der Waals surface area (Å²) in [5.41, 5.74) is 0. The van der Waals surface area contributed by atoms with E-state index in [1.165, 1.54) is 0 Å². The second-order valence-electron chi connectivity index (χ2n) is 5.23. The molecule has 0 radical (unpaired) electrons. The molecule has 17 heavy (non-hydrogen) atoms. The van der Waals surface area contributed by atoms with Crippen molar-refractivity contribution in [3.8, 4) is 11.5 Å². The molecule has 0 fully saturated rings. The highest BCUT2D eigenvalue weighted by Crippen LogP contribution is 2.34. The van der Waals surface area contributed by atoms with Crippen LogP contribution in [0.1, 0.15) is 13.8 Å². The Morgan fingerprint density at radius 3 is 2.41 bits per heavy atom. The van der Waals surface area contributed by atoms with Crippen molar-refractivity contribution in [2.24, 2.45) is 0 Å². The predicted molar refractivity (Wildman–Crippen MR) is 79.1 cm³/mol. The molecule has 0 aliphatic rings. The lowest BCUT2D eigenvalue weighted by molar-refractivity contribution is 0.261. The Bertz CT molecular complexity index is 378. The topological polar surface area (TPSA) is 18.5 Å². The lowest BCUT2D eigenvalue weighted by Crippen LogP contribution is -2.27. The van der Waals surface area contributed by atoms with Crippen LogP contribution in [0, 0.1) is 0 Å². The van der Waals surface area contributed by atoms with Crippen molar-refractivity contribution in [3.05, 3.63) is 22.7 Å². The Kier molecular flexibility index (Phi) is 5.07. The molecule has 0 amide bonds. The molecule has 1 aromatic carbocycles. The van der Waals surface area contributed by atoms with Crippen LogP contribution in [0.25, 0.3) is 0 Å². The van der Waals surface area contributed by atoms with E-state index in [2.05, 4.69) is 42.9 Å². The minimum atomic E-state index is -0.735. The molecule has 0 saturated heterocycles.